The molecule has 11 heteroatoms. The van der Waals surface area contributed by atoms with Crippen molar-refractivity contribution < 1.29 is 28.9 Å². The van der Waals surface area contributed by atoms with Crippen molar-refractivity contribution in [2.75, 3.05) is 32.8 Å². The second-order valence-electron chi connectivity index (χ2n) is 5.38. The van der Waals surface area contributed by atoms with Gasteiger partial charge >= 0.3 is 0 Å². The second kappa shape index (κ2) is 9.28. The van der Waals surface area contributed by atoms with Crippen LogP contribution in [-0.4, -0.2) is 43.2 Å². The van der Waals surface area contributed by atoms with Gasteiger partial charge in [0.05, 0.1) is 29.6 Å². The lowest BCUT2D eigenvalue weighted by atomic mass is 10.1. The monoisotopic (exact) mass is 391 g/mol. The summed E-state index contributed by atoms with van der Waals surface area (Å²) in [6.07, 6.45) is 0. The number of hydrogen-bond donors (Lipinski definition) is 1. The van der Waals surface area contributed by atoms with Crippen LogP contribution in [0.1, 0.15) is 10.4 Å². The van der Waals surface area contributed by atoms with Crippen LogP contribution in [0.4, 0.5) is 17.1 Å². The number of amides is 1. The number of methoxy groups -OCH3 is 2. The van der Waals surface area contributed by atoms with Crippen molar-refractivity contribution in [3.63, 3.8) is 0 Å². The van der Waals surface area contributed by atoms with Gasteiger partial charge in [0.15, 0.2) is 11.5 Å². The van der Waals surface area contributed by atoms with Gasteiger partial charge in [-0.25, -0.2) is 0 Å². The minimum atomic E-state index is -0.825. The topological polar surface area (TPSA) is 143 Å². The molecule has 0 radical (unpaired) electrons. The molecule has 1 amide bonds. The average Bonchev–Trinajstić information content (AvgIpc) is 2.67. The first-order valence-corrected chi connectivity index (χ1v) is 7.91. The zero-order valence-electron chi connectivity index (χ0n) is 15.0. The molecule has 2 rings (SSSR count). The summed E-state index contributed by atoms with van der Waals surface area (Å²) in [5, 5.41) is 24.7. The predicted molar refractivity (Wildman–Crippen MR) is 98.1 cm³/mol. The number of nitro benzene ring substituents is 2. The minimum absolute atomic E-state index is 0.0816. The second-order valence-corrected chi connectivity index (χ2v) is 5.38. The summed E-state index contributed by atoms with van der Waals surface area (Å²) in [7, 11) is 2.80. The summed E-state index contributed by atoms with van der Waals surface area (Å²) in [5.41, 5.74) is -0.900. The summed E-state index contributed by atoms with van der Waals surface area (Å²) < 4.78 is 15.4. The number of non-ortho nitro benzene ring substituents is 1. The van der Waals surface area contributed by atoms with Crippen molar-refractivity contribution in [1.82, 2.24) is 0 Å². The van der Waals surface area contributed by atoms with Crippen LogP contribution >= 0.6 is 0 Å². The van der Waals surface area contributed by atoms with Gasteiger partial charge in [0, 0.05) is 31.0 Å². The number of nitrogens with zero attached hydrogens (tertiary/aromatic N) is 2. The zero-order chi connectivity index (χ0) is 20.7. The van der Waals surface area contributed by atoms with E-state index in [0.717, 1.165) is 12.1 Å². The number of carbonyl (C=O) groups excluding carboxylic acids is 1. The molecule has 0 unspecified atom stereocenters. The molecule has 0 aliphatic carbocycles. The first kappa shape index (κ1) is 20.6. The lowest BCUT2D eigenvalue weighted by Crippen LogP contribution is -2.15. The number of carbonyl (C=O) groups is 1. The Labute approximate surface area is 159 Å². The van der Waals surface area contributed by atoms with Crippen LogP contribution in [0.2, 0.25) is 0 Å². The number of nitrogens with one attached hydrogen (secondary N) is 1. The van der Waals surface area contributed by atoms with Gasteiger partial charge < -0.3 is 19.5 Å². The molecule has 0 atom stereocenters. The van der Waals surface area contributed by atoms with E-state index in [1.807, 2.05) is 0 Å². The van der Waals surface area contributed by atoms with Crippen LogP contribution in [0.15, 0.2) is 36.4 Å². The molecule has 11 nitrogen and oxygen atoms in total. The standard InChI is InChI=1S/C17H17N3O8/c1-26-6-7-28-16-10-14(20(24)25)13(9-15(16)27-2)17(21)18-11-4-3-5-12(8-11)19(22)23/h3-5,8-10H,6-7H2,1-2H3,(H,18,21). The molecule has 0 heterocycles. The highest BCUT2D eigenvalue weighted by atomic mass is 16.6. The van der Waals surface area contributed by atoms with Crippen LogP contribution in [0.5, 0.6) is 11.5 Å². The minimum Gasteiger partial charge on any atom is -0.493 e. The molecule has 0 aromatic heterocycles. The molecule has 0 spiro atoms. The molecule has 2 aromatic carbocycles. The van der Waals surface area contributed by atoms with E-state index >= 15 is 0 Å². The van der Waals surface area contributed by atoms with Crippen molar-refractivity contribution in [3.05, 3.63) is 62.2 Å². The maximum Gasteiger partial charge on any atom is 0.286 e. The van der Waals surface area contributed by atoms with Gasteiger partial charge in [-0.2, -0.15) is 0 Å². The average molecular weight is 391 g/mol. The maximum atomic E-state index is 12.6. The van der Waals surface area contributed by atoms with Gasteiger partial charge in [-0.15, -0.1) is 0 Å². The van der Waals surface area contributed by atoms with Crippen molar-refractivity contribution in [3.8, 4) is 11.5 Å². The van der Waals surface area contributed by atoms with Crippen LogP contribution in [0.3, 0.4) is 0 Å². The molecular weight excluding hydrogens is 374 g/mol. The Morgan fingerprint density at radius 1 is 1.04 bits per heavy atom. The van der Waals surface area contributed by atoms with E-state index in [4.69, 9.17) is 14.2 Å². The maximum absolute atomic E-state index is 12.6. The van der Waals surface area contributed by atoms with Gasteiger partial charge in [0.2, 0.25) is 0 Å². The highest BCUT2D eigenvalue weighted by molar-refractivity contribution is 6.07. The lowest BCUT2D eigenvalue weighted by Gasteiger charge is -2.13. The highest BCUT2D eigenvalue weighted by Crippen LogP contribution is 2.35. The first-order valence-electron chi connectivity index (χ1n) is 7.91. The third kappa shape index (κ3) is 4.92. The molecule has 0 aliphatic rings. The van der Waals surface area contributed by atoms with Crippen molar-refractivity contribution in [2.24, 2.45) is 0 Å². The van der Waals surface area contributed by atoms with E-state index in [-0.39, 0.29) is 41.7 Å². The molecule has 0 bridgehead atoms. The fraction of sp³-hybridized carbons (Fsp3) is 0.235. The van der Waals surface area contributed by atoms with Gasteiger partial charge in [0.25, 0.3) is 17.3 Å². The van der Waals surface area contributed by atoms with Crippen LogP contribution in [0.25, 0.3) is 0 Å². The smallest absolute Gasteiger partial charge is 0.286 e. The molecule has 2 aromatic rings. The fourth-order valence-electron chi connectivity index (χ4n) is 2.29. The van der Waals surface area contributed by atoms with E-state index in [2.05, 4.69) is 5.32 Å². The molecule has 0 fully saturated rings. The van der Waals surface area contributed by atoms with E-state index < -0.39 is 21.4 Å². The molecular formula is C17H17N3O8. The van der Waals surface area contributed by atoms with E-state index in [0.29, 0.717) is 0 Å². The molecule has 1 N–H and O–H groups in total. The molecule has 0 saturated heterocycles. The van der Waals surface area contributed by atoms with Gasteiger partial charge in [-0.05, 0) is 6.07 Å². The summed E-state index contributed by atoms with van der Waals surface area (Å²) in [5.74, 6) is -0.627. The molecule has 148 valence electrons. The Balaban J connectivity index is 2.37. The van der Waals surface area contributed by atoms with Crippen LogP contribution in [0, 0.1) is 20.2 Å². The Hall–Kier alpha value is -3.73. The number of anilines is 1. The molecule has 0 saturated carbocycles. The number of hydrogen-bond acceptors (Lipinski definition) is 8. The van der Waals surface area contributed by atoms with Gasteiger partial charge in [0.1, 0.15) is 12.2 Å². The van der Waals surface area contributed by atoms with Crippen LogP contribution < -0.4 is 14.8 Å². The predicted octanol–water partition coefficient (Wildman–Crippen LogP) is 2.79. The molecule has 28 heavy (non-hydrogen) atoms. The highest BCUT2D eigenvalue weighted by Gasteiger charge is 2.25. The van der Waals surface area contributed by atoms with E-state index in [1.165, 1.54) is 38.5 Å². The largest absolute Gasteiger partial charge is 0.493 e. The third-order valence-electron chi connectivity index (χ3n) is 3.58. The normalized spacial score (nSPS) is 10.2. The number of nitro groups is 2. The summed E-state index contributed by atoms with van der Waals surface area (Å²) in [6, 6.07) is 7.46. The number of ether oxygens (including phenoxy) is 3. The van der Waals surface area contributed by atoms with Crippen molar-refractivity contribution in [2.45, 2.75) is 0 Å². The van der Waals surface area contributed by atoms with Crippen molar-refractivity contribution in [1.29, 1.82) is 0 Å². The third-order valence-corrected chi connectivity index (χ3v) is 3.58. The van der Waals surface area contributed by atoms with E-state index in [1.54, 1.807) is 0 Å². The quantitative estimate of drug-likeness (QED) is 0.390. The number of benzene rings is 2. The Morgan fingerprint density at radius 3 is 2.39 bits per heavy atom. The Kier molecular flexibility index (Phi) is 6.82. The van der Waals surface area contributed by atoms with Gasteiger partial charge in [-0.1, -0.05) is 6.07 Å². The Morgan fingerprint density at radius 2 is 1.79 bits per heavy atom. The zero-order valence-corrected chi connectivity index (χ0v) is 15.0. The SMILES string of the molecule is COCCOc1cc([N+](=O)[O-])c(C(=O)Nc2cccc([N+](=O)[O-])c2)cc1OC. The summed E-state index contributed by atoms with van der Waals surface area (Å²) >= 11 is 0. The Bertz CT molecular complexity index is 900. The first-order chi connectivity index (χ1) is 13.4. The fourth-order valence-corrected chi connectivity index (χ4v) is 2.29. The van der Waals surface area contributed by atoms with Crippen molar-refractivity contribution >= 4 is 23.0 Å². The lowest BCUT2D eigenvalue weighted by molar-refractivity contribution is -0.385. The summed E-state index contributed by atoms with van der Waals surface area (Å²) in [4.78, 5) is 33.5. The van der Waals surface area contributed by atoms with Crippen LogP contribution in [-0.2, 0) is 4.74 Å². The van der Waals surface area contributed by atoms with E-state index in [9.17, 15) is 25.0 Å². The molecule has 0 aliphatic heterocycles. The summed E-state index contributed by atoms with van der Waals surface area (Å²) in [6.45, 7) is 0.384. The number of rotatable bonds is 9. The van der Waals surface area contributed by atoms with Gasteiger partial charge in [-0.3, -0.25) is 25.0 Å².